The summed E-state index contributed by atoms with van der Waals surface area (Å²) in [7, 11) is 0. The molecular weight excluding hydrogens is 374 g/mol. The number of aromatic amines is 1. The SMILES string of the molecule is C(=Cc1cn[nH]c1)C1=CN=CN(Nc2ccc3c(cnn3Cc3ccccc3)c2)C1. The van der Waals surface area contributed by atoms with Gasteiger partial charge in [-0.25, -0.2) is 4.99 Å². The van der Waals surface area contributed by atoms with E-state index < -0.39 is 0 Å². The molecule has 7 nitrogen and oxygen atoms in total. The Bertz CT molecular complexity index is 1220. The van der Waals surface area contributed by atoms with Crippen LogP contribution in [-0.4, -0.2) is 37.9 Å². The molecule has 0 unspecified atom stereocenters. The summed E-state index contributed by atoms with van der Waals surface area (Å²) in [6.07, 6.45) is 13.3. The van der Waals surface area contributed by atoms with Crippen molar-refractivity contribution < 1.29 is 0 Å². The second kappa shape index (κ2) is 8.08. The van der Waals surface area contributed by atoms with Gasteiger partial charge in [-0.15, -0.1) is 0 Å². The van der Waals surface area contributed by atoms with Crippen molar-refractivity contribution in [1.82, 2.24) is 25.0 Å². The summed E-state index contributed by atoms with van der Waals surface area (Å²) in [6, 6.07) is 16.6. The fourth-order valence-electron chi connectivity index (χ4n) is 3.41. The summed E-state index contributed by atoms with van der Waals surface area (Å²) in [6.45, 7) is 1.47. The molecule has 1 aliphatic heterocycles. The molecule has 2 aromatic carbocycles. The number of hydrazine groups is 1. The van der Waals surface area contributed by atoms with Crippen LogP contribution >= 0.6 is 0 Å². The van der Waals surface area contributed by atoms with E-state index in [4.69, 9.17) is 0 Å². The number of benzene rings is 2. The third-order valence-corrected chi connectivity index (χ3v) is 4.90. The molecule has 0 fully saturated rings. The third-order valence-electron chi connectivity index (χ3n) is 4.90. The molecular formula is C23H21N7. The molecule has 0 saturated carbocycles. The van der Waals surface area contributed by atoms with E-state index in [9.17, 15) is 0 Å². The van der Waals surface area contributed by atoms with Crippen molar-refractivity contribution in [2.75, 3.05) is 12.0 Å². The number of nitrogens with one attached hydrogen (secondary N) is 2. The van der Waals surface area contributed by atoms with Gasteiger partial charge >= 0.3 is 0 Å². The van der Waals surface area contributed by atoms with E-state index in [0.717, 1.165) is 34.3 Å². The smallest absolute Gasteiger partial charge is 0.109 e. The van der Waals surface area contributed by atoms with Gasteiger partial charge in [0.15, 0.2) is 0 Å². The van der Waals surface area contributed by atoms with E-state index in [1.165, 1.54) is 5.56 Å². The molecule has 0 atom stereocenters. The third kappa shape index (κ3) is 4.00. The minimum absolute atomic E-state index is 0.711. The Kier molecular flexibility index (Phi) is 4.83. The summed E-state index contributed by atoms with van der Waals surface area (Å²) in [5.74, 6) is 0. The van der Waals surface area contributed by atoms with Crippen molar-refractivity contribution in [3.8, 4) is 0 Å². The van der Waals surface area contributed by atoms with Crippen LogP contribution in [-0.2, 0) is 6.54 Å². The molecule has 0 amide bonds. The highest BCUT2D eigenvalue weighted by Gasteiger charge is 2.09. The lowest BCUT2D eigenvalue weighted by molar-refractivity contribution is 0.552. The molecule has 148 valence electrons. The Morgan fingerprint density at radius 1 is 1.07 bits per heavy atom. The highest BCUT2D eigenvalue weighted by Crippen LogP contribution is 2.21. The fraction of sp³-hybridized carbons (Fsp3) is 0.0870. The zero-order chi connectivity index (χ0) is 20.2. The molecule has 4 aromatic rings. The van der Waals surface area contributed by atoms with Gasteiger partial charge in [-0.2, -0.15) is 10.2 Å². The lowest BCUT2D eigenvalue weighted by Gasteiger charge is -2.24. The molecule has 2 aromatic heterocycles. The van der Waals surface area contributed by atoms with E-state index in [1.807, 2.05) is 46.5 Å². The van der Waals surface area contributed by atoms with Crippen LogP contribution in [0.4, 0.5) is 5.69 Å². The van der Waals surface area contributed by atoms with E-state index >= 15 is 0 Å². The van der Waals surface area contributed by atoms with Gasteiger partial charge in [-0.1, -0.05) is 42.5 Å². The summed E-state index contributed by atoms with van der Waals surface area (Å²) in [5, 5.41) is 14.4. The van der Waals surface area contributed by atoms with Crippen LogP contribution < -0.4 is 5.43 Å². The van der Waals surface area contributed by atoms with Crippen molar-refractivity contribution in [3.63, 3.8) is 0 Å². The molecule has 0 bridgehead atoms. The zero-order valence-corrected chi connectivity index (χ0v) is 16.3. The maximum atomic E-state index is 4.56. The van der Waals surface area contributed by atoms with Gasteiger partial charge in [-0.3, -0.25) is 20.2 Å². The first kappa shape index (κ1) is 17.9. The largest absolute Gasteiger partial charge is 0.297 e. The standard InChI is InChI=1S/C23H21N7/c1-2-4-18(5-3-1)16-30-23-9-8-22(10-21(23)14-27-30)28-29-15-20(11-24-17-29)7-6-19-12-25-26-13-19/h1-14,17,28H,15-16H2,(H,25,26). The summed E-state index contributed by atoms with van der Waals surface area (Å²) in [4.78, 5) is 4.33. The van der Waals surface area contributed by atoms with Crippen molar-refractivity contribution >= 4 is 29.0 Å². The van der Waals surface area contributed by atoms with Crippen LogP contribution in [0.2, 0.25) is 0 Å². The normalized spacial score (nSPS) is 13.9. The molecule has 5 rings (SSSR count). The summed E-state index contributed by atoms with van der Waals surface area (Å²) < 4.78 is 2.03. The van der Waals surface area contributed by atoms with Crippen LogP contribution in [0.1, 0.15) is 11.1 Å². The minimum atomic E-state index is 0.711. The number of nitrogens with zero attached hydrogens (tertiary/aromatic N) is 5. The van der Waals surface area contributed by atoms with E-state index in [2.05, 4.69) is 68.2 Å². The number of aliphatic imine (C=N–C) groups is 1. The van der Waals surface area contributed by atoms with E-state index in [0.29, 0.717) is 6.54 Å². The maximum Gasteiger partial charge on any atom is 0.109 e. The van der Waals surface area contributed by atoms with Crippen molar-refractivity contribution in [3.05, 3.63) is 96.1 Å². The number of hydrogen-bond acceptors (Lipinski definition) is 5. The fourth-order valence-corrected chi connectivity index (χ4v) is 3.41. The summed E-state index contributed by atoms with van der Waals surface area (Å²) >= 11 is 0. The average molecular weight is 395 g/mol. The predicted octanol–water partition coefficient (Wildman–Crippen LogP) is 4.08. The molecule has 1 aliphatic rings. The van der Waals surface area contributed by atoms with Crippen LogP contribution in [0.3, 0.4) is 0 Å². The molecule has 0 aliphatic carbocycles. The first-order valence-electron chi connectivity index (χ1n) is 9.75. The summed E-state index contributed by atoms with van der Waals surface area (Å²) in [5.41, 5.74) is 8.88. The number of anilines is 1. The Hall–Kier alpha value is -4.13. The van der Waals surface area contributed by atoms with Gasteiger partial charge in [0.1, 0.15) is 6.34 Å². The molecule has 0 radical (unpaired) electrons. The Morgan fingerprint density at radius 3 is 2.87 bits per heavy atom. The van der Waals surface area contributed by atoms with Gasteiger partial charge < -0.3 is 0 Å². The average Bonchev–Trinajstić information content (AvgIpc) is 3.43. The Morgan fingerprint density at radius 2 is 2.00 bits per heavy atom. The topological polar surface area (TPSA) is 74.1 Å². The second-order valence-corrected chi connectivity index (χ2v) is 7.13. The number of H-pyrrole nitrogens is 1. The first-order chi connectivity index (χ1) is 14.8. The Labute approximate surface area is 174 Å². The second-order valence-electron chi connectivity index (χ2n) is 7.13. The van der Waals surface area contributed by atoms with E-state index in [-0.39, 0.29) is 0 Å². The predicted molar refractivity (Wildman–Crippen MR) is 120 cm³/mol. The number of fused-ring (bicyclic) bond motifs is 1. The molecule has 2 N–H and O–H groups in total. The highest BCUT2D eigenvalue weighted by atomic mass is 15.5. The monoisotopic (exact) mass is 395 g/mol. The van der Waals surface area contributed by atoms with Crippen molar-refractivity contribution in [2.45, 2.75) is 6.54 Å². The van der Waals surface area contributed by atoms with Gasteiger partial charge in [0, 0.05) is 23.3 Å². The minimum Gasteiger partial charge on any atom is -0.297 e. The van der Waals surface area contributed by atoms with E-state index in [1.54, 1.807) is 12.5 Å². The van der Waals surface area contributed by atoms with Crippen molar-refractivity contribution in [2.24, 2.45) is 4.99 Å². The number of hydrogen-bond donors (Lipinski definition) is 2. The van der Waals surface area contributed by atoms with Gasteiger partial charge in [0.05, 0.1) is 36.7 Å². The zero-order valence-electron chi connectivity index (χ0n) is 16.3. The van der Waals surface area contributed by atoms with Crippen LogP contribution in [0.5, 0.6) is 0 Å². The Balaban J connectivity index is 1.27. The number of rotatable bonds is 6. The van der Waals surface area contributed by atoms with Crippen LogP contribution in [0, 0.1) is 0 Å². The van der Waals surface area contributed by atoms with Gasteiger partial charge in [-0.05, 0) is 29.3 Å². The molecule has 3 heterocycles. The lowest BCUT2D eigenvalue weighted by atomic mass is 10.2. The molecule has 30 heavy (non-hydrogen) atoms. The molecule has 0 saturated heterocycles. The molecule has 7 heteroatoms. The van der Waals surface area contributed by atoms with Crippen molar-refractivity contribution in [1.29, 1.82) is 0 Å². The van der Waals surface area contributed by atoms with Crippen LogP contribution in [0.15, 0.2) is 90.0 Å². The number of aromatic nitrogens is 4. The maximum absolute atomic E-state index is 4.56. The lowest BCUT2D eigenvalue weighted by Crippen LogP contribution is -2.31. The quantitative estimate of drug-likeness (QED) is 0.516. The van der Waals surface area contributed by atoms with Gasteiger partial charge in [0.25, 0.3) is 0 Å². The first-order valence-corrected chi connectivity index (χ1v) is 9.75. The van der Waals surface area contributed by atoms with Crippen LogP contribution in [0.25, 0.3) is 17.0 Å². The van der Waals surface area contributed by atoms with Gasteiger partial charge in [0.2, 0.25) is 0 Å². The molecule has 0 spiro atoms. The highest BCUT2D eigenvalue weighted by molar-refractivity contribution is 5.82.